The molecule has 6 heteroatoms. The van der Waals surface area contributed by atoms with Crippen molar-refractivity contribution in [3.8, 4) is 0 Å². The molecule has 92 valence electrons. The van der Waals surface area contributed by atoms with E-state index in [0.29, 0.717) is 19.5 Å². The van der Waals surface area contributed by atoms with Crippen LogP contribution in [0.5, 0.6) is 0 Å². The molecule has 0 fully saturated rings. The molecule has 0 rings (SSSR count). The molecule has 0 aromatic heterocycles. The SMILES string of the molecule is C=CCC(CO)N(CCO)CCO.OCl. The zero-order valence-electron chi connectivity index (χ0n) is 8.72. The fourth-order valence-electron chi connectivity index (χ4n) is 1.27. The van der Waals surface area contributed by atoms with Crippen LogP contribution < -0.4 is 0 Å². The molecule has 0 bridgehead atoms. The van der Waals surface area contributed by atoms with E-state index in [1.807, 2.05) is 4.90 Å². The van der Waals surface area contributed by atoms with Gasteiger partial charge in [-0.2, -0.15) is 0 Å². The van der Waals surface area contributed by atoms with Gasteiger partial charge in [0.15, 0.2) is 0 Å². The monoisotopic (exact) mass is 241 g/mol. The summed E-state index contributed by atoms with van der Waals surface area (Å²) in [6.07, 6.45) is 2.39. The highest BCUT2D eigenvalue weighted by molar-refractivity contribution is 6.04. The molecular weight excluding hydrogens is 222 g/mol. The minimum absolute atomic E-state index is 0.0199. The Morgan fingerprint density at radius 2 is 1.60 bits per heavy atom. The summed E-state index contributed by atoms with van der Waals surface area (Å²) in [6, 6.07) is -0.0446. The molecule has 0 aromatic rings. The molecule has 0 aromatic carbocycles. The summed E-state index contributed by atoms with van der Waals surface area (Å²) in [6.45, 7) is 4.62. The Morgan fingerprint density at radius 3 is 1.87 bits per heavy atom. The Hall–Kier alpha value is -0.170. The molecule has 4 N–H and O–H groups in total. The molecule has 1 atom stereocenters. The number of halogens is 1. The van der Waals surface area contributed by atoms with Crippen LogP contribution >= 0.6 is 11.9 Å². The average molecular weight is 242 g/mol. The highest BCUT2D eigenvalue weighted by Crippen LogP contribution is 2.03. The standard InChI is InChI=1S/C9H19NO3.ClHO/c1-2-3-9(8-13)10(4-6-11)5-7-12;1-2/h2,9,11-13H,1,3-8H2;2H. The third-order valence-corrected chi connectivity index (χ3v) is 1.94. The molecule has 0 heterocycles. The van der Waals surface area contributed by atoms with Crippen LogP contribution in [0.15, 0.2) is 12.7 Å². The van der Waals surface area contributed by atoms with E-state index in [1.165, 1.54) is 0 Å². The molecule has 0 spiro atoms. The minimum Gasteiger partial charge on any atom is -0.395 e. The number of aliphatic hydroxyl groups excluding tert-OH is 3. The summed E-state index contributed by atoms with van der Waals surface area (Å²) in [5, 5.41) is 26.5. The first-order valence-electron chi connectivity index (χ1n) is 4.64. The number of aliphatic hydroxyl groups is 3. The van der Waals surface area contributed by atoms with Crippen LogP contribution in [0.1, 0.15) is 6.42 Å². The molecule has 0 saturated carbocycles. The summed E-state index contributed by atoms with van der Waals surface area (Å²) in [5.41, 5.74) is 0. The van der Waals surface area contributed by atoms with E-state index in [-0.39, 0.29) is 25.9 Å². The summed E-state index contributed by atoms with van der Waals surface area (Å²) in [5.74, 6) is 0. The van der Waals surface area contributed by atoms with Gasteiger partial charge in [-0.05, 0) is 6.42 Å². The van der Waals surface area contributed by atoms with Crippen LogP contribution in [0.25, 0.3) is 0 Å². The lowest BCUT2D eigenvalue weighted by molar-refractivity contribution is 0.0854. The van der Waals surface area contributed by atoms with Crippen LogP contribution in [0.2, 0.25) is 0 Å². The minimum atomic E-state index is -0.0446. The van der Waals surface area contributed by atoms with E-state index >= 15 is 0 Å². The number of rotatable bonds is 8. The number of nitrogens with zero attached hydrogens (tertiary/aromatic N) is 1. The fourth-order valence-corrected chi connectivity index (χ4v) is 1.27. The topological polar surface area (TPSA) is 84.2 Å². The Labute approximate surface area is 95.4 Å². The zero-order chi connectivity index (χ0) is 12.1. The quantitative estimate of drug-likeness (QED) is 0.424. The molecule has 0 aliphatic carbocycles. The van der Waals surface area contributed by atoms with E-state index in [2.05, 4.69) is 18.4 Å². The first-order chi connectivity index (χ1) is 7.29. The first kappa shape index (κ1) is 17.2. The maximum Gasteiger partial charge on any atom is 0.0589 e. The summed E-state index contributed by atoms with van der Waals surface area (Å²) < 4.78 is 6.47. The van der Waals surface area contributed by atoms with Crippen LogP contribution in [0.4, 0.5) is 0 Å². The van der Waals surface area contributed by atoms with Gasteiger partial charge in [-0.25, -0.2) is 0 Å². The lowest BCUT2D eigenvalue weighted by atomic mass is 10.2. The Bertz CT molecular complexity index is 131. The average Bonchev–Trinajstić information content (AvgIpc) is 2.28. The second-order valence-corrected chi connectivity index (χ2v) is 2.84. The van der Waals surface area contributed by atoms with E-state index < -0.39 is 0 Å². The predicted octanol–water partition coefficient (Wildman–Crippen LogP) is -0.657. The van der Waals surface area contributed by atoms with Crippen LogP contribution in [0, 0.1) is 0 Å². The van der Waals surface area contributed by atoms with Crippen molar-refractivity contribution in [2.24, 2.45) is 0 Å². The molecule has 1 unspecified atom stereocenters. The molecule has 0 radical (unpaired) electrons. The van der Waals surface area contributed by atoms with Gasteiger partial charge in [-0.1, -0.05) is 6.08 Å². The maximum atomic E-state index is 9.03. The van der Waals surface area contributed by atoms with E-state index in [9.17, 15) is 0 Å². The van der Waals surface area contributed by atoms with Crippen molar-refractivity contribution in [3.05, 3.63) is 12.7 Å². The number of hydrogen-bond acceptors (Lipinski definition) is 5. The predicted molar refractivity (Wildman–Crippen MR) is 59.5 cm³/mol. The van der Waals surface area contributed by atoms with Gasteiger partial charge >= 0.3 is 0 Å². The summed E-state index contributed by atoms with van der Waals surface area (Å²) >= 11 is 3.64. The second kappa shape index (κ2) is 13.8. The van der Waals surface area contributed by atoms with Gasteiger partial charge in [-0.15, -0.1) is 6.58 Å². The van der Waals surface area contributed by atoms with Crippen LogP contribution in [-0.2, 0) is 0 Å². The van der Waals surface area contributed by atoms with Gasteiger partial charge in [0.05, 0.1) is 31.7 Å². The molecule has 5 nitrogen and oxygen atoms in total. The number of hydrogen-bond donors (Lipinski definition) is 4. The van der Waals surface area contributed by atoms with Gasteiger partial charge in [0.1, 0.15) is 0 Å². The summed E-state index contributed by atoms with van der Waals surface area (Å²) in [7, 11) is 0. The van der Waals surface area contributed by atoms with Gasteiger partial charge in [0, 0.05) is 19.1 Å². The van der Waals surface area contributed by atoms with Crippen molar-refractivity contribution in [1.29, 1.82) is 0 Å². The van der Waals surface area contributed by atoms with Gasteiger partial charge in [-0.3, -0.25) is 9.56 Å². The van der Waals surface area contributed by atoms with Crippen molar-refractivity contribution < 1.29 is 20.0 Å². The van der Waals surface area contributed by atoms with Gasteiger partial charge < -0.3 is 15.3 Å². The zero-order valence-corrected chi connectivity index (χ0v) is 9.47. The van der Waals surface area contributed by atoms with Gasteiger partial charge in [0.2, 0.25) is 0 Å². The van der Waals surface area contributed by atoms with Crippen LogP contribution in [-0.4, -0.2) is 63.8 Å². The lowest BCUT2D eigenvalue weighted by Crippen LogP contribution is -2.41. The lowest BCUT2D eigenvalue weighted by Gasteiger charge is -2.28. The van der Waals surface area contributed by atoms with Crippen molar-refractivity contribution in [1.82, 2.24) is 4.90 Å². The second-order valence-electron chi connectivity index (χ2n) is 2.84. The van der Waals surface area contributed by atoms with E-state index in [1.54, 1.807) is 6.08 Å². The normalized spacial score (nSPS) is 11.9. The Morgan fingerprint density at radius 1 is 1.13 bits per heavy atom. The fraction of sp³-hybridized carbons (Fsp3) is 0.778. The molecule has 0 aliphatic heterocycles. The molecule has 0 aliphatic rings. The highest BCUT2D eigenvalue weighted by Gasteiger charge is 2.14. The van der Waals surface area contributed by atoms with Gasteiger partial charge in [0.25, 0.3) is 0 Å². The first-order valence-corrected chi connectivity index (χ1v) is 4.98. The third kappa shape index (κ3) is 8.80. The molecule has 15 heavy (non-hydrogen) atoms. The van der Waals surface area contributed by atoms with Crippen molar-refractivity contribution in [3.63, 3.8) is 0 Å². The van der Waals surface area contributed by atoms with Crippen LogP contribution in [0.3, 0.4) is 0 Å². The smallest absolute Gasteiger partial charge is 0.0589 e. The Kier molecular flexibility index (Phi) is 15.9. The largest absolute Gasteiger partial charge is 0.395 e. The van der Waals surface area contributed by atoms with E-state index in [0.717, 1.165) is 0 Å². The van der Waals surface area contributed by atoms with Crippen molar-refractivity contribution in [2.45, 2.75) is 12.5 Å². The summed E-state index contributed by atoms with van der Waals surface area (Å²) in [4.78, 5) is 1.85. The Balaban J connectivity index is 0. The third-order valence-electron chi connectivity index (χ3n) is 1.94. The maximum absolute atomic E-state index is 9.03. The molecular formula is C9H20ClNO4. The molecule has 0 saturated heterocycles. The highest BCUT2D eigenvalue weighted by atomic mass is 35.5. The molecule has 0 amide bonds. The van der Waals surface area contributed by atoms with E-state index in [4.69, 9.17) is 20.0 Å². The van der Waals surface area contributed by atoms with Crippen molar-refractivity contribution >= 4 is 11.9 Å². The van der Waals surface area contributed by atoms with Crippen molar-refractivity contribution in [2.75, 3.05) is 32.9 Å².